The number of nitrogens with two attached hydrogens (primary N) is 1. The highest BCUT2D eigenvalue weighted by Crippen LogP contribution is 2.31. The van der Waals surface area contributed by atoms with Gasteiger partial charge in [0.2, 0.25) is 5.91 Å². The molecular weight excluding hydrogens is 182 g/mol. The van der Waals surface area contributed by atoms with E-state index >= 15 is 0 Å². The molecule has 1 unspecified atom stereocenters. The summed E-state index contributed by atoms with van der Waals surface area (Å²) in [6.07, 6.45) is 2.10. The number of rotatable bonds is 3. The van der Waals surface area contributed by atoms with Gasteiger partial charge in [0.15, 0.2) is 5.82 Å². The number of hydrogen-bond donors (Lipinski definition) is 2. The minimum absolute atomic E-state index is 0.180. The van der Waals surface area contributed by atoms with Gasteiger partial charge in [-0.05, 0) is 25.7 Å². The van der Waals surface area contributed by atoms with Gasteiger partial charge in [-0.3, -0.25) is 4.79 Å². The molecule has 5 heteroatoms. The minimum Gasteiger partial charge on any atom is -0.360 e. The van der Waals surface area contributed by atoms with Gasteiger partial charge in [-0.2, -0.15) is 0 Å². The molecule has 14 heavy (non-hydrogen) atoms. The number of carbonyl (C=O) groups excluding carboxylic acids is 1. The summed E-state index contributed by atoms with van der Waals surface area (Å²) in [5, 5.41) is 6.27. The molecule has 1 heterocycles. The lowest BCUT2D eigenvalue weighted by atomic mass is 10.2. The van der Waals surface area contributed by atoms with Gasteiger partial charge in [-0.15, -0.1) is 0 Å². The summed E-state index contributed by atoms with van der Waals surface area (Å²) in [5.74, 6) is 1.27. The maximum absolute atomic E-state index is 11.5. The van der Waals surface area contributed by atoms with Crippen molar-refractivity contribution in [2.45, 2.75) is 25.8 Å². The van der Waals surface area contributed by atoms with Crippen LogP contribution < -0.4 is 11.1 Å². The average Bonchev–Trinajstić information content (AvgIpc) is 2.91. The van der Waals surface area contributed by atoms with Crippen molar-refractivity contribution in [3.63, 3.8) is 0 Å². The molecule has 1 aliphatic carbocycles. The van der Waals surface area contributed by atoms with E-state index in [-0.39, 0.29) is 5.91 Å². The van der Waals surface area contributed by atoms with E-state index in [0.29, 0.717) is 17.5 Å². The smallest absolute Gasteiger partial charge is 0.242 e. The van der Waals surface area contributed by atoms with Crippen molar-refractivity contribution in [2.24, 2.45) is 11.7 Å². The quantitative estimate of drug-likeness (QED) is 0.742. The second-order valence-corrected chi connectivity index (χ2v) is 3.68. The van der Waals surface area contributed by atoms with Crippen LogP contribution in [0.1, 0.15) is 18.6 Å². The van der Waals surface area contributed by atoms with Crippen LogP contribution in [0.25, 0.3) is 0 Å². The summed E-state index contributed by atoms with van der Waals surface area (Å²) in [5.41, 5.74) is 5.71. The standard InChI is InChI=1S/C9H13N3O2/c1-5-4-7(12-14-5)11-9(13)8(10)6-2-3-6/h4,6,8H,2-3,10H2,1H3,(H,11,12,13). The zero-order chi connectivity index (χ0) is 10.1. The normalized spacial score (nSPS) is 17.9. The molecule has 0 radical (unpaired) electrons. The zero-order valence-corrected chi connectivity index (χ0v) is 7.99. The second-order valence-electron chi connectivity index (χ2n) is 3.68. The Morgan fingerprint density at radius 3 is 3.00 bits per heavy atom. The Bertz CT molecular complexity index is 344. The molecule has 2 rings (SSSR count). The fraction of sp³-hybridized carbons (Fsp3) is 0.556. The van der Waals surface area contributed by atoms with Crippen molar-refractivity contribution >= 4 is 11.7 Å². The van der Waals surface area contributed by atoms with Gasteiger partial charge in [0.05, 0.1) is 6.04 Å². The van der Waals surface area contributed by atoms with E-state index in [9.17, 15) is 4.79 Å². The van der Waals surface area contributed by atoms with Crippen LogP contribution in [0.4, 0.5) is 5.82 Å². The van der Waals surface area contributed by atoms with E-state index < -0.39 is 6.04 Å². The van der Waals surface area contributed by atoms with Gasteiger partial charge in [0.25, 0.3) is 0 Å². The lowest BCUT2D eigenvalue weighted by Crippen LogP contribution is -2.37. The first-order chi connectivity index (χ1) is 6.66. The van der Waals surface area contributed by atoms with Gasteiger partial charge in [-0.25, -0.2) is 0 Å². The fourth-order valence-electron chi connectivity index (χ4n) is 1.30. The van der Waals surface area contributed by atoms with E-state index in [4.69, 9.17) is 10.3 Å². The van der Waals surface area contributed by atoms with E-state index in [2.05, 4.69) is 10.5 Å². The van der Waals surface area contributed by atoms with E-state index in [1.807, 2.05) is 0 Å². The molecule has 1 aromatic heterocycles. The van der Waals surface area contributed by atoms with Crippen LogP contribution in [-0.4, -0.2) is 17.1 Å². The highest BCUT2D eigenvalue weighted by Gasteiger charge is 2.33. The van der Waals surface area contributed by atoms with Gasteiger partial charge in [0, 0.05) is 6.07 Å². The Morgan fingerprint density at radius 1 is 1.79 bits per heavy atom. The third-order valence-electron chi connectivity index (χ3n) is 2.31. The molecule has 0 bridgehead atoms. The molecule has 0 aliphatic heterocycles. The van der Waals surface area contributed by atoms with Crippen LogP contribution >= 0.6 is 0 Å². The lowest BCUT2D eigenvalue weighted by molar-refractivity contribution is -0.117. The predicted molar refractivity (Wildman–Crippen MR) is 50.6 cm³/mol. The third-order valence-corrected chi connectivity index (χ3v) is 2.31. The molecule has 76 valence electrons. The summed E-state index contributed by atoms with van der Waals surface area (Å²) >= 11 is 0. The van der Waals surface area contributed by atoms with Crippen molar-refractivity contribution in [3.05, 3.63) is 11.8 Å². The maximum atomic E-state index is 11.5. The van der Waals surface area contributed by atoms with Crippen molar-refractivity contribution in [1.82, 2.24) is 5.16 Å². The number of carbonyl (C=O) groups is 1. The molecule has 1 aromatic rings. The van der Waals surface area contributed by atoms with Crippen molar-refractivity contribution < 1.29 is 9.32 Å². The molecule has 1 amide bonds. The molecular formula is C9H13N3O2. The van der Waals surface area contributed by atoms with Crippen LogP contribution in [0.3, 0.4) is 0 Å². The van der Waals surface area contributed by atoms with Crippen LogP contribution in [0.15, 0.2) is 10.6 Å². The van der Waals surface area contributed by atoms with Crippen molar-refractivity contribution in [2.75, 3.05) is 5.32 Å². The van der Waals surface area contributed by atoms with E-state index in [1.54, 1.807) is 13.0 Å². The Balaban J connectivity index is 1.93. The third kappa shape index (κ3) is 1.93. The number of amides is 1. The van der Waals surface area contributed by atoms with Crippen LogP contribution in [0, 0.1) is 12.8 Å². The number of nitrogens with zero attached hydrogens (tertiary/aromatic N) is 1. The number of aryl methyl sites for hydroxylation is 1. The van der Waals surface area contributed by atoms with E-state index in [0.717, 1.165) is 12.8 Å². The van der Waals surface area contributed by atoms with Crippen molar-refractivity contribution in [1.29, 1.82) is 0 Å². The fourth-order valence-corrected chi connectivity index (χ4v) is 1.30. The molecule has 3 N–H and O–H groups in total. The first kappa shape index (κ1) is 9.21. The molecule has 0 aromatic carbocycles. The second kappa shape index (κ2) is 3.42. The van der Waals surface area contributed by atoms with Crippen molar-refractivity contribution in [3.8, 4) is 0 Å². The largest absolute Gasteiger partial charge is 0.360 e. The Labute approximate surface area is 81.6 Å². The zero-order valence-electron chi connectivity index (χ0n) is 7.99. The number of anilines is 1. The number of nitrogens with one attached hydrogen (secondary N) is 1. The predicted octanol–water partition coefficient (Wildman–Crippen LogP) is 0.659. The van der Waals surface area contributed by atoms with E-state index in [1.165, 1.54) is 0 Å². The van der Waals surface area contributed by atoms with Crippen LogP contribution in [-0.2, 0) is 4.79 Å². The highest BCUT2D eigenvalue weighted by atomic mass is 16.5. The Morgan fingerprint density at radius 2 is 2.50 bits per heavy atom. The van der Waals surface area contributed by atoms with Crippen LogP contribution in [0.5, 0.6) is 0 Å². The summed E-state index contributed by atoms with van der Waals surface area (Å²) in [4.78, 5) is 11.5. The summed E-state index contributed by atoms with van der Waals surface area (Å²) < 4.78 is 4.82. The Hall–Kier alpha value is -1.36. The SMILES string of the molecule is Cc1cc(NC(=O)C(N)C2CC2)no1. The first-order valence-corrected chi connectivity index (χ1v) is 4.66. The summed E-state index contributed by atoms with van der Waals surface area (Å²) in [6.45, 7) is 1.77. The summed E-state index contributed by atoms with van der Waals surface area (Å²) in [6, 6.07) is 1.25. The average molecular weight is 195 g/mol. The minimum atomic E-state index is -0.410. The molecule has 1 atom stereocenters. The number of hydrogen-bond acceptors (Lipinski definition) is 4. The monoisotopic (exact) mass is 195 g/mol. The first-order valence-electron chi connectivity index (χ1n) is 4.66. The molecule has 5 nitrogen and oxygen atoms in total. The highest BCUT2D eigenvalue weighted by molar-refractivity contribution is 5.94. The lowest BCUT2D eigenvalue weighted by Gasteiger charge is -2.07. The van der Waals surface area contributed by atoms with Crippen LogP contribution in [0.2, 0.25) is 0 Å². The molecule has 1 fully saturated rings. The maximum Gasteiger partial charge on any atom is 0.242 e. The summed E-state index contributed by atoms with van der Waals surface area (Å²) in [7, 11) is 0. The topological polar surface area (TPSA) is 81.2 Å². The number of aromatic nitrogens is 1. The molecule has 1 saturated carbocycles. The Kier molecular flexibility index (Phi) is 2.25. The molecule has 0 saturated heterocycles. The van der Waals surface area contributed by atoms with Gasteiger partial charge >= 0.3 is 0 Å². The molecule has 0 spiro atoms. The van der Waals surface area contributed by atoms with Gasteiger partial charge in [-0.1, -0.05) is 5.16 Å². The van der Waals surface area contributed by atoms with Gasteiger partial charge < -0.3 is 15.6 Å². The molecule has 1 aliphatic rings. The van der Waals surface area contributed by atoms with Gasteiger partial charge in [0.1, 0.15) is 5.76 Å².